The predicted octanol–water partition coefficient (Wildman–Crippen LogP) is 4.53. The fourth-order valence-electron chi connectivity index (χ4n) is 3.30. The van der Waals surface area contributed by atoms with Gasteiger partial charge in [0.2, 0.25) is 0 Å². The Bertz CT molecular complexity index is 1220. The number of hydrogen-bond acceptors (Lipinski definition) is 4. The van der Waals surface area contributed by atoms with Crippen molar-refractivity contribution < 1.29 is 22.3 Å². The maximum atomic E-state index is 13.0. The van der Waals surface area contributed by atoms with Gasteiger partial charge < -0.3 is 10.1 Å². The van der Waals surface area contributed by atoms with Crippen LogP contribution >= 0.6 is 11.6 Å². The molecule has 0 saturated heterocycles. The summed E-state index contributed by atoms with van der Waals surface area (Å²) in [5.41, 5.74) is 1.47. The van der Waals surface area contributed by atoms with Crippen molar-refractivity contribution in [3.63, 3.8) is 0 Å². The molecular weight excluding hydrogens is 443 g/mol. The average molecular weight is 461 g/mol. The highest BCUT2D eigenvalue weighted by molar-refractivity contribution is 7.92. The molecule has 1 amide bonds. The third-order valence-electron chi connectivity index (χ3n) is 4.85. The highest BCUT2D eigenvalue weighted by atomic mass is 35.5. The molecule has 31 heavy (non-hydrogen) atoms. The lowest BCUT2D eigenvalue weighted by atomic mass is 10.00. The molecule has 0 radical (unpaired) electrons. The lowest BCUT2D eigenvalue weighted by Gasteiger charge is -2.27. The minimum absolute atomic E-state index is 0.0624. The van der Waals surface area contributed by atoms with Gasteiger partial charge in [0.1, 0.15) is 11.6 Å². The lowest BCUT2D eigenvalue weighted by molar-refractivity contribution is 0.0925. The first-order valence-corrected chi connectivity index (χ1v) is 11.3. The largest absolute Gasteiger partial charge is 0.492 e. The van der Waals surface area contributed by atoms with Crippen molar-refractivity contribution in [2.45, 2.75) is 17.4 Å². The number of fused-ring (bicyclic) bond motifs is 1. The smallest absolute Gasteiger partial charge is 0.261 e. The molecule has 0 bridgehead atoms. The van der Waals surface area contributed by atoms with Crippen LogP contribution in [0.4, 0.5) is 10.1 Å². The zero-order chi connectivity index (χ0) is 22.0. The normalized spacial score (nSPS) is 15.5. The summed E-state index contributed by atoms with van der Waals surface area (Å²) in [6.45, 7) is 0.436. The average Bonchev–Trinajstić information content (AvgIpc) is 2.75. The van der Waals surface area contributed by atoms with E-state index in [-0.39, 0.29) is 22.5 Å². The van der Waals surface area contributed by atoms with Crippen LogP contribution in [0.5, 0.6) is 5.75 Å². The molecule has 1 atom stereocenters. The number of nitrogens with one attached hydrogen (secondary N) is 2. The van der Waals surface area contributed by atoms with Gasteiger partial charge in [-0.3, -0.25) is 9.52 Å². The second-order valence-corrected chi connectivity index (χ2v) is 9.05. The standard InChI is InChI=1S/C22H18ClFN2O4S/c23-19-3-1-2-18-20(12-13-30-21(18)19)25-22(27)14-4-8-16(9-5-14)26-31(28,29)17-10-6-15(24)7-11-17/h1-11,20,26H,12-13H2,(H,25,27). The molecule has 0 aliphatic carbocycles. The molecule has 2 N–H and O–H groups in total. The molecule has 1 aliphatic rings. The molecule has 4 rings (SSSR count). The first kappa shape index (κ1) is 21.1. The van der Waals surface area contributed by atoms with E-state index in [9.17, 15) is 17.6 Å². The maximum absolute atomic E-state index is 13.0. The molecule has 1 heterocycles. The van der Waals surface area contributed by atoms with Crippen LogP contribution in [0, 0.1) is 5.82 Å². The summed E-state index contributed by atoms with van der Waals surface area (Å²) < 4.78 is 45.8. The summed E-state index contributed by atoms with van der Waals surface area (Å²) in [7, 11) is -3.87. The van der Waals surface area contributed by atoms with Gasteiger partial charge in [0, 0.05) is 23.2 Å². The highest BCUT2D eigenvalue weighted by Crippen LogP contribution is 2.37. The molecule has 3 aromatic rings. The van der Waals surface area contributed by atoms with Crippen molar-refractivity contribution in [3.05, 3.63) is 88.7 Å². The SMILES string of the molecule is O=C(NC1CCOc2c(Cl)cccc21)c1ccc(NS(=O)(=O)c2ccc(F)cc2)cc1. The Hall–Kier alpha value is -3.10. The molecule has 3 aromatic carbocycles. The fourth-order valence-corrected chi connectivity index (χ4v) is 4.59. The van der Waals surface area contributed by atoms with Crippen molar-refractivity contribution in [1.82, 2.24) is 5.32 Å². The van der Waals surface area contributed by atoms with E-state index in [4.69, 9.17) is 16.3 Å². The molecular formula is C22H18ClFN2O4S. The third kappa shape index (κ3) is 4.65. The van der Waals surface area contributed by atoms with Crippen LogP contribution in [0.1, 0.15) is 28.4 Å². The Morgan fingerprint density at radius 1 is 1.03 bits per heavy atom. The van der Waals surface area contributed by atoms with Crippen LogP contribution in [0.2, 0.25) is 5.02 Å². The Kier molecular flexibility index (Phi) is 5.84. The van der Waals surface area contributed by atoms with Crippen LogP contribution in [-0.2, 0) is 10.0 Å². The molecule has 0 saturated carbocycles. The number of para-hydroxylation sites is 1. The lowest BCUT2D eigenvalue weighted by Crippen LogP contribution is -2.32. The summed E-state index contributed by atoms with van der Waals surface area (Å²) in [4.78, 5) is 12.6. The second kappa shape index (κ2) is 8.56. The number of hydrogen-bond donors (Lipinski definition) is 2. The van der Waals surface area contributed by atoms with Crippen molar-refractivity contribution >= 4 is 33.2 Å². The molecule has 9 heteroatoms. The van der Waals surface area contributed by atoms with Crippen LogP contribution < -0.4 is 14.8 Å². The molecule has 160 valence electrons. The van der Waals surface area contributed by atoms with E-state index in [0.717, 1.165) is 17.7 Å². The Labute approximate surface area is 184 Å². The van der Waals surface area contributed by atoms with Crippen molar-refractivity contribution in [3.8, 4) is 5.75 Å². The zero-order valence-corrected chi connectivity index (χ0v) is 17.7. The summed E-state index contributed by atoms with van der Waals surface area (Å²) in [5.74, 6) is -0.249. The first-order chi connectivity index (χ1) is 14.8. The van der Waals surface area contributed by atoms with Crippen LogP contribution in [0.15, 0.2) is 71.6 Å². The molecule has 0 spiro atoms. The summed E-state index contributed by atoms with van der Waals surface area (Å²) >= 11 is 6.17. The molecule has 1 aliphatic heterocycles. The van der Waals surface area contributed by atoms with Crippen LogP contribution in [0.25, 0.3) is 0 Å². The van der Waals surface area contributed by atoms with E-state index >= 15 is 0 Å². The fraction of sp³-hybridized carbons (Fsp3) is 0.136. The monoisotopic (exact) mass is 460 g/mol. The van der Waals surface area contributed by atoms with Crippen molar-refractivity contribution in [2.24, 2.45) is 0 Å². The van der Waals surface area contributed by atoms with Gasteiger partial charge in [-0.05, 0) is 54.6 Å². The first-order valence-electron chi connectivity index (χ1n) is 9.44. The summed E-state index contributed by atoms with van der Waals surface area (Å²) in [6, 6.07) is 15.7. The van der Waals surface area contributed by atoms with Crippen molar-refractivity contribution in [2.75, 3.05) is 11.3 Å². The number of ether oxygens (including phenoxy) is 1. The zero-order valence-electron chi connectivity index (χ0n) is 16.1. The number of amides is 1. The van der Waals surface area contributed by atoms with Gasteiger partial charge in [-0.2, -0.15) is 0 Å². The topological polar surface area (TPSA) is 84.5 Å². The quantitative estimate of drug-likeness (QED) is 0.585. The van der Waals surface area contributed by atoms with Crippen LogP contribution in [0.3, 0.4) is 0 Å². The molecule has 0 fully saturated rings. The Morgan fingerprint density at radius 2 is 1.74 bits per heavy atom. The van der Waals surface area contributed by atoms with Gasteiger partial charge in [0.15, 0.2) is 0 Å². The van der Waals surface area contributed by atoms with Gasteiger partial charge in [-0.15, -0.1) is 0 Å². The number of anilines is 1. The van der Waals surface area contributed by atoms with Gasteiger partial charge >= 0.3 is 0 Å². The van der Waals surface area contributed by atoms with Gasteiger partial charge in [-0.1, -0.05) is 23.7 Å². The molecule has 0 aromatic heterocycles. The van der Waals surface area contributed by atoms with E-state index in [1.807, 2.05) is 6.07 Å². The molecule has 1 unspecified atom stereocenters. The van der Waals surface area contributed by atoms with E-state index in [1.165, 1.54) is 36.4 Å². The number of sulfonamides is 1. The van der Waals surface area contributed by atoms with E-state index in [1.54, 1.807) is 12.1 Å². The number of halogens is 2. The van der Waals surface area contributed by atoms with Crippen molar-refractivity contribution in [1.29, 1.82) is 0 Å². The van der Waals surface area contributed by atoms with E-state index < -0.39 is 15.8 Å². The minimum Gasteiger partial charge on any atom is -0.492 e. The minimum atomic E-state index is -3.87. The number of carbonyl (C=O) groups is 1. The highest BCUT2D eigenvalue weighted by Gasteiger charge is 2.25. The number of rotatable bonds is 5. The van der Waals surface area contributed by atoms with Gasteiger partial charge in [0.25, 0.3) is 15.9 Å². The van der Waals surface area contributed by atoms with E-state index in [2.05, 4.69) is 10.0 Å². The van der Waals surface area contributed by atoms with Gasteiger partial charge in [-0.25, -0.2) is 12.8 Å². The van der Waals surface area contributed by atoms with Crippen LogP contribution in [-0.4, -0.2) is 20.9 Å². The second-order valence-electron chi connectivity index (χ2n) is 6.96. The van der Waals surface area contributed by atoms with E-state index in [0.29, 0.717) is 29.4 Å². The predicted molar refractivity (Wildman–Crippen MR) is 115 cm³/mol. The molecule has 6 nitrogen and oxygen atoms in total. The Morgan fingerprint density at radius 3 is 2.45 bits per heavy atom. The number of benzene rings is 3. The van der Waals surface area contributed by atoms with Gasteiger partial charge in [0.05, 0.1) is 22.6 Å². The maximum Gasteiger partial charge on any atom is 0.261 e. The Balaban J connectivity index is 1.46. The number of carbonyl (C=O) groups excluding carboxylic acids is 1. The summed E-state index contributed by atoms with van der Waals surface area (Å²) in [5, 5.41) is 3.46. The summed E-state index contributed by atoms with van der Waals surface area (Å²) in [6.07, 6.45) is 0.606. The third-order valence-corrected chi connectivity index (χ3v) is 6.55.